The van der Waals surface area contributed by atoms with Gasteiger partial charge in [-0.3, -0.25) is 25.1 Å². The van der Waals surface area contributed by atoms with Crippen molar-refractivity contribution in [1.29, 1.82) is 0 Å². The van der Waals surface area contributed by atoms with Crippen molar-refractivity contribution in [1.82, 2.24) is 25.3 Å². The molecule has 3 fully saturated rings. The molecule has 3 saturated heterocycles. The minimum absolute atomic E-state index is 0.120. The first-order valence-corrected chi connectivity index (χ1v) is 11.9. The van der Waals surface area contributed by atoms with Crippen LogP contribution in [0.3, 0.4) is 0 Å². The fourth-order valence-corrected chi connectivity index (χ4v) is 5.76. The van der Waals surface area contributed by atoms with Crippen LogP contribution in [-0.2, 0) is 9.59 Å². The van der Waals surface area contributed by atoms with Crippen LogP contribution in [0.25, 0.3) is 0 Å². The average molecular weight is 446 g/mol. The Morgan fingerprint density at radius 2 is 1.74 bits per heavy atom. The molecule has 0 radical (unpaired) electrons. The number of amides is 4. The molecule has 4 amide bonds. The molecular formula is C22H31N5O3S. The van der Waals surface area contributed by atoms with E-state index in [0.29, 0.717) is 5.75 Å². The van der Waals surface area contributed by atoms with Crippen LogP contribution >= 0.6 is 11.8 Å². The van der Waals surface area contributed by atoms with E-state index in [-0.39, 0.29) is 29.4 Å². The summed E-state index contributed by atoms with van der Waals surface area (Å²) in [6.07, 6.45) is 2.62. The quantitative estimate of drug-likeness (QED) is 0.734. The fraction of sp³-hybridized carbons (Fsp3) is 0.591. The number of piperidine rings is 1. The Hall–Kier alpha value is -2.10. The molecule has 0 aromatic heterocycles. The van der Waals surface area contributed by atoms with Crippen LogP contribution in [-0.4, -0.2) is 77.0 Å². The molecule has 0 aliphatic carbocycles. The molecule has 3 heterocycles. The molecule has 0 spiro atoms. The molecule has 3 aliphatic heterocycles. The van der Waals surface area contributed by atoms with Crippen LogP contribution in [0.5, 0.6) is 0 Å². The van der Waals surface area contributed by atoms with Crippen molar-refractivity contribution in [3.05, 3.63) is 35.4 Å². The maximum absolute atomic E-state index is 13.0. The average Bonchev–Trinajstić information content (AvgIpc) is 2.80. The van der Waals surface area contributed by atoms with E-state index in [4.69, 9.17) is 0 Å². The molecule has 3 aliphatic rings. The Labute approximate surface area is 187 Å². The lowest BCUT2D eigenvalue weighted by Crippen LogP contribution is -2.72. The summed E-state index contributed by atoms with van der Waals surface area (Å²) in [5.74, 6) is -0.266. The largest absolute Gasteiger partial charge is 0.342 e. The van der Waals surface area contributed by atoms with E-state index in [9.17, 15) is 14.4 Å². The summed E-state index contributed by atoms with van der Waals surface area (Å²) in [6.45, 7) is 3.67. The third kappa shape index (κ3) is 4.44. The summed E-state index contributed by atoms with van der Waals surface area (Å²) in [7, 11) is 3.23. The van der Waals surface area contributed by atoms with Crippen molar-refractivity contribution in [3.63, 3.8) is 0 Å². The van der Waals surface area contributed by atoms with E-state index < -0.39 is 12.1 Å². The summed E-state index contributed by atoms with van der Waals surface area (Å²) in [4.78, 5) is 43.1. The van der Waals surface area contributed by atoms with E-state index in [1.165, 1.54) is 30.1 Å². The van der Waals surface area contributed by atoms with Crippen LogP contribution < -0.4 is 10.6 Å². The number of aryl methyl sites for hydroxylation is 1. The number of carbonyl (C=O) groups is 3. The van der Waals surface area contributed by atoms with Crippen molar-refractivity contribution in [2.45, 2.75) is 43.9 Å². The Morgan fingerprint density at radius 1 is 1.06 bits per heavy atom. The third-order valence-corrected chi connectivity index (χ3v) is 7.66. The van der Waals surface area contributed by atoms with E-state index in [0.717, 1.165) is 37.1 Å². The van der Waals surface area contributed by atoms with E-state index >= 15 is 0 Å². The van der Waals surface area contributed by atoms with Crippen LogP contribution in [0.2, 0.25) is 0 Å². The highest BCUT2D eigenvalue weighted by Crippen LogP contribution is 2.34. The zero-order valence-electron chi connectivity index (χ0n) is 18.3. The number of urea groups is 1. The predicted molar refractivity (Wildman–Crippen MR) is 120 cm³/mol. The minimum Gasteiger partial charge on any atom is -0.342 e. The molecule has 1 aromatic carbocycles. The van der Waals surface area contributed by atoms with Gasteiger partial charge in [-0.25, -0.2) is 4.79 Å². The van der Waals surface area contributed by atoms with Crippen LogP contribution in [0, 0.1) is 12.8 Å². The van der Waals surface area contributed by atoms with Crippen molar-refractivity contribution in [3.8, 4) is 0 Å². The normalized spacial score (nSPS) is 29.2. The molecule has 168 valence electrons. The predicted octanol–water partition coefficient (Wildman–Crippen LogP) is 1.72. The Kier molecular flexibility index (Phi) is 6.55. The first-order valence-electron chi connectivity index (χ1n) is 10.9. The maximum Gasteiger partial charge on any atom is 0.327 e. The number of fused-ring (bicyclic) bond motifs is 1. The van der Waals surface area contributed by atoms with Gasteiger partial charge in [-0.2, -0.15) is 0 Å². The molecule has 4 rings (SSSR count). The van der Waals surface area contributed by atoms with Gasteiger partial charge in [-0.15, -0.1) is 11.8 Å². The Morgan fingerprint density at radius 3 is 2.42 bits per heavy atom. The molecule has 9 heteroatoms. The summed E-state index contributed by atoms with van der Waals surface area (Å²) in [5.41, 5.74) is 2.20. The van der Waals surface area contributed by atoms with Gasteiger partial charge in [0.2, 0.25) is 11.8 Å². The molecule has 0 saturated carbocycles. The second-order valence-electron chi connectivity index (χ2n) is 8.61. The molecule has 4 atom stereocenters. The Bertz CT molecular complexity index is 842. The zero-order chi connectivity index (χ0) is 22.1. The fourth-order valence-electron chi connectivity index (χ4n) is 4.55. The number of imide groups is 1. The van der Waals surface area contributed by atoms with Crippen molar-refractivity contribution in [2.24, 2.45) is 5.92 Å². The van der Waals surface area contributed by atoms with Gasteiger partial charge in [0.25, 0.3) is 0 Å². The third-order valence-electron chi connectivity index (χ3n) is 6.46. The van der Waals surface area contributed by atoms with E-state index in [1.54, 1.807) is 11.9 Å². The number of thioether (sulfide) groups is 1. The molecule has 4 unspecified atom stereocenters. The zero-order valence-corrected chi connectivity index (χ0v) is 19.2. The van der Waals surface area contributed by atoms with Gasteiger partial charge < -0.3 is 9.80 Å². The van der Waals surface area contributed by atoms with Crippen molar-refractivity contribution >= 4 is 29.6 Å². The van der Waals surface area contributed by atoms with Crippen LogP contribution in [0.4, 0.5) is 4.79 Å². The van der Waals surface area contributed by atoms with Gasteiger partial charge in [0.05, 0.1) is 29.4 Å². The van der Waals surface area contributed by atoms with Gasteiger partial charge in [0.15, 0.2) is 0 Å². The minimum atomic E-state index is -0.478. The summed E-state index contributed by atoms with van der Waals surface area (Å²) >= 11 is 1.47. The molecule has 31 heavy (non-hydrogen) atoms. The second-order valence-corrected chi connectivity index (χ2v) is 9.74. The van der Waals surface area contributed by atoms with Gasteiger partial charge in [0, 0.05) is 27.2 Å². The van der Waals surface area contributed by atoms with Gasteiger partial charge in [0.1, 0.15) is 0 Å². The standard InChI is InChI=1S/C22H31N5O3S/c1-14-7-9-15(10-8-14)18-23-19-17(21(29)26(3)22(30)25(19)2)20(24-18)31-13-16(28)27-11-5-4-6-12-27/h7-10,17-20,23-24H,4-6,11-13H2,1-3H3. The number of hydrogen-bond donors (Lipinski definition) is 2. The van der Waals surface area contributed by atoms with Gasteiger partial charge in [-0.05, 0) is 31.7 Å². The summed E-state index contributed by atoms with van der Waals surface area (Å²) in [6, 6.07) is 7.85. The first-order chi connectivity index (χ1) is 14.9. The lowest BCUT2D eigenvalue weighted by molar-refractivity contribution is -0.140. The summed E-state index contributed by atoms with van der Waals surface area (Å²) in [5, 5.41) is 6.68. The number of nitrogens with zero attached hydrogens (tertiary/aromatic N) is 3. The smallest absolute Gasteiger partial charge is 0.327 e. The van der Waals surface area contributed by atoms with Crippen LogP contribution in [0.1, 0.15) is 36.6 Å². The number of benzene rings is 1. The molecule has 1 aromatic rings. The van der Waals surface area contributed by atoms with E-state index in [1.807, 2.05) is 36.1 Å². The number of nitrogens with one attached hydrogen (secondary N) is 2. The Balaban J connectivity index is 1.55. The highest BCUT2D eigenvalue weighted by Gasteiger charge is 2.51. The highest BCUT2D eigenvalue weighted by molar-refractivity contribution is 8.00. The SMILES string of the molecule is Cc1ccc(C2NC(SCC(=O)N3CCCCC3)C3C(=O)N(C)C(=O)N(C)C3N2)cc1. The topological polar surface area (TPSA) is 85.0 Å². The monoisotopic (exact) mass is 445 g/mol. The number of likely N-dealkylation sites (tertiary alicyclic amines) is 1. The summed E-state index contributed by atoms with van der Waals surface area (Å²) < 4.78 is 0. The molecule has 0 bridgehead atoms. The van der Waals surface area contributed by atoms with Gasteiger partial charge in [-0.1, -0.05) is 29.8 Å². The van der Waals surface area contributed by atoms with E-state index in [2.05, 4.69) is 10.6 Å². The van der Waals surface area contributed by atoms with Crippen LogP contribution in [0.15, 0.2) is 24.3 Å². The van der Waals surface area contributed by atoms with Crippen molar-refractivity contribution < 1.29 is 14.4 Å². The number of rotatable bonds is 4. The molecular weight excluding hydrogens is 414 g/mol. The highest BCUT2D eigenvalue weighted by atomic mass is 32.2. The maximum atomic E-state index is 13.0. The van der Waals surface area contributed by atoms with Gasteiger partial charge >= 0.3 is 6.03 Å². The molecule has 8 nitrogen and oxygen atoms in total. The lowest BCUT2D eigenvalue weighted by atomic mass is 9.96. The second kappa shape index (κ2) is 9.18. The lowest BCUT2D eigenvalue weighted by Gasteiger charge is -2.50. The number of carbonyl (C=O) groups excluding carboxylic acids is 3. The van der Waals surface area contributed by atoms with Crippen molar-refractivity contribution in [2.75, 3.05) is 32.9 Å². The number of hydrogen-bond acceptors (Lipinski definition) is 6. The first kappa shape index (κ1) is 22.1. The molecule has 2 N–H and O–H groups in total.